The number of aromatic nitrogens is 3. The average molecular weight is 474 g/mol. The van der Waals surface area contributed by atoms with Crippen LogP contribution >= 0.6 is 0 Å². The molecule has 184 valence electrons. The number of aromatic hydroxyl groups is 1. The molecule has 1 aromatic carbocycles. The van der Waals surface area contributed by atoms with Gasteiger partial charge in [0, 0.05) is 49.9 Å². The van der Waals surface area contributed by atoms with E-state index in [1.165, 1.54) is 12.0 Å². The van der Waals surface area contributed by atoms with Crippen molar-refractivity contribution in [3.8, 4) is 16.9 Å². The quantitative estimate of drug-likeness (QED) is 0.581. The second-order valence-electron chi connectivity index (χ2n) is 8.89. The molecule has 2 aliphatic heterocycles. The monoisotopic (exact) mass is 473 g/mol. The predicted molar refractivity (Wildman–Crippen MR) is 142 cm³/mol. The second-order valence-corrected chi connectivity index (χ2v) is 8.89. The van der Waals surface area contributed by atoms with Crippen LogP contribution in [0.2, 0.25) is 0 Å². The van der Waals surface area contributed by atoms with Crippen LogP contribution in [0.25, 0.3) is 16.8 Å². The summed E-state index contributed by atoms with van der Waals surface area (Å²) in [5, 5.41) is 27.8. The Hall–Kier alpha value is -3.52. The van der Waals surface area contributed by atoms with Gasteiger partial charge in [0.2, 0.25) is 0 Å². The van der Waals surface area contributed by atoms with E-state index in [1.54, 1.807) is 10.6 Å². The molecule has 0 aliphatic carbocycles. The molecule has 0 atom stereocenters. The fourth-order valence-electron chi connectivity index (χ4n) is 4.17. The lowest BCUT2D eigenvalue weighted by Gasteiger charge is -2.29. The molecule has 1 saturated heterocycles. The van der Waals surface area contributed by atoms with E-state index in [2.05, 4.69) is 57.3 Å². The Balaban J connectivity index is 0.000000917. The van der Waals surface area contributed by atoms with Crippen molar-refractivity contribution in [2.45, 2.75) is 47.0 Å². The van der Waals surface area contributed by atoms with E-state index in [4.69, 9.17) is 0 Å². The van der Waals surface area contributed by atoms with Gasteiger partial charge in [0.25, 0.3) is 0 Å². The summed E-state index contributed by atoms with van der Waals surface area (Å²) in [5.74, 6) is 1.91. The fourth-order valence-corrected chi connectivity index (χ4v) is 4.17. The van der Waals surface area contributed by atoms with Crippen molar-refractivity contribution in [3.05, 3.63) is 59.6 Å². The number of pyridine rings is 1. The number of aryl methyl sites for hydroxylation is 1. The zero-order valence-corrected chi connectivity index (χ0v) is 21.1. The molecule has 0 saturated carbocycles. The van der Waals surface area contributed by atoms with E-state index in [1.807, 2.05) is 37.4 Å². The predicted octanol–water partition coefficient (Wildman–Crippen LogP) is 4.57. The number of fused-ring (bicyclic) bond motifs is 1. The highest BCUT2D eigenvalue weighted by molar-refractivity contribution is 6.12. The number of phenols is 1. The number of hydrogen-bond acceptors (Lipinski definition) is 7. The standard InChI is InChI=1S/C24H27N7O.C3H8/c1-3-17-12-21(27-28-24(13-17)30-10-8-25-9-11-30)20-6-4-18(14-22(20)32)19-5-7-23-26-16(2)29-31(23)15-19;1-3-2/h4-7,12,14-15,25,32H,3,8-11,13H2,1-2H3;3H2,1-2H3. The van der Waals surface area contributed by atoms with Crippen LogP contribution in [0, 0.1) is 6.92 Å². The van der Waals surface area contributed by atoms with Gasteiger partial charge in [-0.2, -0.15) is 5.10 Å². The van der Waals surface area contributed by atoms with Crippen molar-refractivity contribution in [2.24, 2.45) is 10.2 Å². The lowest BCUT2D eigenvalue weighted by molar-refractivity contribution is 0.352. The van der Waals surface area contributed by atoms with Gasteiger partial charge in [-0.25, -0.2) is 9.50 Å². The number of nitrogens with one attached hydrogen (secondary N) is 1. The van der Waals surface area contributed by atoms with Crippen molar-refractivity contribution in [2.75, 3.05) is 26.2 Å². The molecule has 1 fully saturated rings. The fraction of sp³-hybridized carbons (Fsp3) is 0.407. The van der Waals surface area contributed by atoms with Crippen LogP contribution in [0.5, 0.6) is 5.75 Å². The molecule has 0 amide bonds. The molecular weight excluding hydrogens is 438 g/mol. The molecule has 8 heteroatoms. The number of rotatable bonds is 3. The summed E-state index contributed by atoms with van der Waals surface area (Å²) in [7, 11) is 0. The van der Waals surface area contributed by atoms with Gasteiger partial charge in [-0.3, -0.25) is 0 Å². The number of nitrogens with zero attached hydrogens (tertiary/aromatic N) is 6. The van der Waals surface area contributed by atoms with E-state index < -0.39 is 0 Å². The van der Waals surface area contributed by atoms with Crippen molar-refractivity contribution >= 4 is 17.2 Å². The van der Waals surface area contributed by atoms with Crippen LogP contribution < -0.4 is 5.32 Å². The van der Waals surface area contributed by atoms with Crippen molar-refractivity contribution in [3.63, 3.8) is 0 Å². The van der Waals surface area contributed by atoms with E-state index in [9.17, 15) is 5.11 Å². The molecule has 4 heterocycles. The summed E-state index contributed by atoms with van der Waals surface area (Å²) < 4.78 is 1.76. The van der Waals surface area contributed by atoms with Gasteiger partial charge in [0.05, 0.1) is 5.71 Å². The van der Waals surface area contributed by atoms with Gasteiger partial charge in [-0.05, 0) is 49.2 Å². The molecule has 0 spiro atoms. The first-order chi connectivity index (χ1) is 17.0. The van der Waals surface area contributed by atoms with Crippen LogP contribution in [0.4, 0.5) is 0 Å². The Bertz CT molecular complexity index is 1270. The number of phenolic OH excluding ortho intramolecular Hbond substituents is 1. The van der Waals surface area contributed by atoms with Gasteiger partial charge in [0.1, 0.15) is 17.4 Å². The summed E-state index contributed by atoms with van der Waals surface area (Å²) in [5.41, 5.74) is 5.29. The number of piperazine rings is 1. The molecule has 2 aromatic heterocycles. The minimum atomic E-state index is 0.184. The third-order valence-electron chi connectivity index (χ3n) is 5.98. The summed E-state index contributed by atoms with van der Waals surface area (Å²) in [6.07, 6.45) is 6.95. The highest BCUT2D eigenvalue weighted by Crippen LogP contribution is 2.29. The van der Waals surface area contributed by atoms with E-state index in [-0.39, 0.29) is 5.75 Å². The first kappa shape index (κ1) is 24.6. The molecule has 8 nitrogen and oxygen atoms in total. The Kier molecular flexibility index (Phi) is 7.92. The van der Waals surface area contributed by atoms with E-state index >= 15 is 0 Å². The van der Waals surface area contributed by atoms with Crippen LogP contribution in [0.1, 0.15) is 51.4 Å². The molecule has 3 aromatic rings. The highest BCUT2D eigenvalue weighted by Gasteiger charge is 2.19. The van der Waals surface area contributed by atoms with Gasteiger partial charge in [-0.15, -0.1) is 10.2 Å². The zero-order valence-electron chi connectivity index (χ0n) is 21.1. The lowest BCUT2D eigenvalue weighted by Crippen LogP contribution is -2.46. The van der Waals surface area contributed by atoms with Gasteiger partial charge in [-0.1, -0.05) is 38.8 Å². The minimum Gasteiger partial charge on any atom is -0.507 e. The number of amidine groups is 1. The van der Waals surface area contributed by atoms with Crippen LogP contribution in [-0.2, 0) is 0 Å². The molecule has 0 radical (unpaired) electrons. The maximum atomic E-state index is 10.9. The maximum Gasteiger partial charge on any atom is 0.155 e. The Morgan fingerprint density at radius 3 is 2.46 bits per heavy atom. The normalized spacial score (nSPS) is 16.1. The maximum absolute atomic E-state index is 10.9. The second kappa shape index (κ2) is 11.3. The summed E-state index contributed by atoms with van der Waals surface area (Å²) in [6, 6.07) is 9.59. The van der Waals surface area contributed by atoms with E-state index in [0.717, 1.165) is 67.5 Å². The summed E-state index contributed by atoms with van der Waals surface area (Å²) >= 11 is 0. The van der Waals surface area contributed by atoms with Gasteiger partial charge >= 0.3 is 0 Å². The van der Waals surface area contributed by atoms with Crippen LogP contribution in [0.3, 0.4) is 0 Å². The Morgan fingerprint density at radius 2 is 1.74 bits per heavy atom. The molecular formula is C27H35N7O. The largest absolute Gasteiger partial charge is 0.507 e. The van der Waals surface area contributed by atoms with Crippen LogP contribution in [0.15, 0.2) is 58.4 Å². The van der Waals surface area contributed by atoms with Gasteiger partial charge in [0.15, 0.2) is 5.65 Å². The van der Waals surface area contributed by atoms with Crippen molar-refractivity contribution in [1.29, 1.82) is 0 Å². The van der Waals surface area contributed by atoms with Crippen LogP contribution in [-0.4, -0.2) is 62.3 Å². The minimum absolute atomic E-state index is 0.184. The Morgan fingerprint density at radius 1 is 1.00 bits per heavy atom. The number of benzene rings is 1. The first-order valence-electron chi connectivity index (χ1n) is 12.5. The van der Waals surface area contributed by atoms with E-state index in [0.29, 0.717) is 11.3 Å². The molecule has 2 N–H and O–H groups in total. The molecule has 35 heavy (non-hydrogen) atoms. The van der Waals surface area contributed by atoms with Crippen molar-refractivity contribution < 1.29 is 5.11 Å². The molecule has 5 rings (SSSR count). The molecule has 2 aliphatic rings. The molecule has 0 bridgehead atoms. The Labute approximate surface area is 207 Å². The topological polar surface area (TPSA) is 90.4 Å². The lowest BCUT2D eigenvalue weighted by atomic mass is 9.99. The number of hydrogen-bond donors (Lipinski definition) is 2. The molecule has 0 unspecified atom stereocenters. The smallest absolute Gasteiger partial charge is 0.155 e. The third kappa shape index (κ3) is 5.77. The SMILES string of the molecule is CCC.CCC1=CC(c2ccc(-c3ccc4nc(C)nn4c3)cc2O)=NN=C(N2CCNCC2)C1. The van der Waals surface area contributed by atoms with Gasteiger partial charge < -0.3 is 15.3 Å². The average Bonchev–Trinajstić information content (AvgIpc) is 3.10. The number of allylic oxidation sites excluding steroid dienone is 1. The first-order valence-corrected chi connectivity index (χ1v) is 12.5. The summed E-state index contributed by atoms with van der Waals surface area (Å²) in [6.45, 7) is 12.1. The van der Waals surface area contributed by atoms with Crippen molar-refractivity contribution in [1.82, 2.24) is 24.8 Å². The highest BCUT2D eigenvalue weighted by atomic mass is 16.3. The third-order valence-corrected chi connectivity index (χ3v) is 5.98. The zero-order chi connectivity index (χ0) is 24.8. The summed E-state index contributed by atoms with van der Waals surface area (Å²) in [4.78, 5) is 6.67.